The first kappa shape index (κ1) is 33.5. The number of rotatable bonds is 9. The highest BCUT2D eigenvalue weighted by Crippen LogP contribution is 2.45. The molecule has 1 aromatic rings. The Morgan fingerprint density at radius 3 is 2.21 bits per heavy atom. The topological polar surface area (TPSA) is 94.9 Å². The van der Waals surface area contributed by atoms with E-state index in [9.17, 15) is 14.9 Å². The van der Waals surface area contributed by atoms with Gasteiger partial charge in [0.25, 0.3) is 8.32 Å². The fraction of sp³-hybridized carbons (Fsp3) is 0.559. The third kappa shape index (κ3) is 6.64. The summed E-state index contributed by atoms with van der Waals surface area (Å²) in [7, 11) is -0.438. The van der Waals surface area contributed by atoms with E-state index < -0.39 is 30.3 Å². The summed E-state index contributed by atoms with van der Waals surface area (Å²) in [4.78, 5) is 26.3. The van der Waals surface area contributed by atoms with Crippen LogP contribution < -0.4 is 9.16 Å². The van der Waals surface area contributed by atoms with Crippen molar-refractivity contribution in [2.24, 2.45) is 16.2 Å². The quantitative estimate of drug-likeness (QED) is 0.217. The van der Waals surface area contributed by atoms with Crippen LogP contribution in [0.4, 0.5) is 0 Å². The Hall–Kier alpha value is -2.99. The zero-order chi connectivity index (χ0) is 31.8. The molecule has 2 aliphatic rings. The minimum absolute atomic E-state index is 0.0447. The van der Waals surface area contributed by atoms with E-state index in [0.29, 0.717) is 31.1 Å². The normalized spacial score (nSPS) is 22.7. The number of carbonyl (C=O) groups excluding carboxylic acids is 2. The van der Waals surface area contributed by atoms with Crippen molar-refractivity contribution in [3.63, 3.8) is 0 Å². The number of nitrogens with zero attached hydrogens (tertiary/aromatic N) is 1. The molecule has 8 heteroatoms. The van der Waals surface area contributed by atoms with Gasteiger partial charge in [-0.3, -0.25) is 9.59 Å². The Morgan fingerprint density at radius 1 is 1.05 bits per heavy atom. The SMILES string of the molecule is COc1cc(C=CC2(C(C)(C)C(=O)C=CC3(C)C=C(C#N)C(=O)C(C)(C)C3)OCCO2)ccc1O[Si](C)(C)C(C)(C)C. The van der Waals surface area contributed by atoms with Crippen LogP contribution in [0.2, 0.25) is 18.1 Å². The maximum atomic E-state index is 13.7. The van der Waals surface area contributed by atoms with Crippen LogP contribution in [-0.4, -0.2) is 46.0 Å². The highest BCUT2D eigenvalue weighted by molar-refractivity contribution is 6.74. The summed E-state index contributed by atoms with van der Waals surface area (Å²) in [5.74, 6) is -0.300. The van der Waals surface area contributed by atoms with Gasteiger partial charge >= 0.3 is 0 Å². The number of Topliss-reactive ketones (excluding diaryl/α,β-unsaturated/α-hetero) is 1. The number of nitriles is 1. The van der Waals surface area contributed by atoms with Crippen LogP contribution >= 0.6 is 0 Å². The highest BCUT2D eigenvalue weighted by atomic mass is 28.4. The van der Waals surface area contributed by atoms with Gasteiger partial charge in [0.2, 0.25) is 5.79 Å². The first-order chi connectivity index (χ1) is 19.2. The molecule has 228 valence electrons. The summed E-state index contributed by atoms with van der Waals surface area (Å²) in [5.41, 5.74) is -1.43. The van der Waals surface area contributed by atoms with Gasteiger partial charge in [0, 0.05) is 10.8 Å². The summed E-state index contributed by atoms with van der Waals surface area (Å²) in [6.07, 6.45) is 9.16. The molecular weight excluding hydrogens is 546 g/mol. The fourth-order valence-corrected chi connectivity index (χ4v) is 6.30. The van der Waals surface area contributed by atoms with Gasteiger partial charge in [0.05, 0.1) is 31.3 Å². The molecule has 3 rings (SSSR count). The van der Waals surface area contributed by atoms with Crippen LogP contribution in [-0.2, 0) is 19.1 Å². The third-order valence-electron chi connectivity index (χ3n) is 8.95. The van der Waals surface area contributed by atoms with E-state index in [2.05, 4.69) is 33.9 Å². The Labute approximate surface area is 252 Å². The van der Waals surface area contributed by atoms with E-state index in [4.69, 9.17) is 18.6 Å². The van der Waals surface area contributed by atoms with E-state index in [0.717, 1.165) is 5.56 Å². The molecule has 0 N–H and O–H groups in total. The summed E-state index contributed by atoms with van der Waals surface area (Å²) >= 11 is 0. The van der Waals surface area contributed by atoms with Crippen molar-refractivity contribution in [1.29, 1.82) is 5.26 Å². The molecular formula is C34H47NO6Si. The number of carbonyl (C=O) groups is 2. The molecule has 1 saturated heterocycles. The first-order valence-electron chi connectivity index (χ1n) is 14.5. The van der Waals surface area contributed by atoms with Crippen LogP contribution in [0.5, 0.6) is 11.5 Å². The van der Waals surface area contributed by atoms with E-state index in [1.54, 1.807) is 39.2 Å². The molecule has 7 nitrogen and oxygen atoms in total. The van der Waals surface area contributed by atoms with Crippen molar-refractivity contribution >= 4 is 26.0 Å². The fourth-order valence-electron chi connectivity index (χ4n) is 5.28. The number of ketones is 2. The molecule has 1 heterocycles. The van der Waals surface area contributed by atoms with E-state index in [-0.39, 0.29) is 22.2 Å². The molecule has 42 heavy (non-hydrogen) atoms. The minimum atomic E-state index is -2.06. The van der Waals surface area contributed by atoms with Crippen LogP contribution in [0, 0.1) is 27.6 Å². The van der Waals surface area contributed by atoms with E-state index in [1.165, 1.54) is 6.08 Å². The van der Waals surface area contributed by atoms with Gasteiger partial charge in [-0.2, -0.15) is 5.26 Å². The number of hydrogen-bond donors (Lipinski definition) is 0. The average molecular weight is 594 g/mol. The third-order valence-corrected chi connectivity index (χ3v) is 13.3. The van der Waals surface area contributed by atoms with Crippen LogP contribution in [0.25, 0.3) is 6.08 Å². The largest absolute Gasteiger partial charge is 0.541 e. The number of methoxy groups -OCH3 is 1. The van der Waals surface area contributed by atoms with Gasteiger partial charge < -0.3 is 18.6 Å². The second kappa shape index (κ2) is 11.6. The lowest BCUT2D eigenvalue weighted by atomic mass is 9.65. The average Bonchev–Trinajstić information content (AvgIpc) is 3.38. The molecule has 0 amide bonds. The molecule has 0 bridgehead atoms. The van der Waals surface area contributed by atoms with Crippen LogP contribution in [0.3, 0.4) is 0 Å². The van der Waals surface area contributed by atoms with Gasteiger partial charge in [-0.1, -0.05) is 65.8 Å². The maximum Gasteiger partial charge on any atom is 0.250 e. The zero-order valence-electron chi connectivity index (χ0n) is 27.1. The Bertz CT molecular complexity index is 1350. The van der Waals surface area contributed by atoms with Crippen molar-refractivity contribution in [2.45, 2.75) is 85.7 Å². The molecule has 1 aliphatic heterocycles. The van der Waals surface area contributed by atoms with Gasteiger partial charge in [0.1, 0.15) is 11.8 Å². The van der Waals surface area contributed by atoms with Crippen LogP contribution in [0.15, 0.2) is 48.1 Å². The van der Waals surface area contributed by atoms with E-state index >= 15 is 0 Å². The number of benzene rings is 1. The van der Waals surface area contributed by atoms with Gasteiger partial charge in [-0.05, 0) is 68.2 Å². The predicted octanol–water partition coefficient (Wildman–Crippen LogP) is 7.44. The second-order valence-electron chi connectivity index (χ2n) is 14.4. The molecule has 1 unspecified atom stereocenters. The van der Waals surface area contributed by atoms with Crippen molar-refractivity contribution in [1.82, 2.24) is 0 Å². The second-order valence-corrected chi connectivity index (χ2v) is 19.1. The maximum absolute atomic E-state index is 13.7. The summed E-state index contributed by atoms with van der Waals surface area (Å²) in [5, 5.41) is 9.55. The van der Waals surface area contributed by atoms with Gasteiger partial charge in [-0.15, -0.1) is 0 Å². The lowest BCUT2D eigenvalue weighted by Crippen LogP contribution is -2.48. The Morgan fingerprint density at radius 2 is 1.67 bits per heavy atom. The molecule has 1 aliphatic carbocycles. The van der Waals surface area contributed by atoms with Crippen LogP contribution in [0.1, 0.15) is 67.4 Å². The number of allylic oxidation sites excluding steroid dienone is 4. The highest BCUT2D eigenvalue weighted by Gasteiger charge is 2.52. The van der Waals surface area contributed by atoms with Gasteiger partial charge in [0.15, 0.2) is 17.3 Å². The lowest BCUT2D eigenvalue weighted by molar-refractivity contribution is -0.191. The molecule has 1 aromatic carbocycles. The monoisotopic (exact) mass is 593 g/mol. The molecule has 0 radical (unpaired) electrons. The first-order valence-corrected chi connectivity index (χ1v) is 17.4. The van der Waals surface area contributed by atoms with E-state index in [1.807, 2.05) is 51.1 Å². The van der Waals surface area contributed by atoms with Crippen molar-refractivity contribution in [3.8, 4) is 17.6 Å². The van der Waals surface area contributed by atoms with Gasteiger partial charge in [-0.25, -0.2) is 0 Å². The van der Waals surface area contributed by atoms with Crippen molar-refractivity contribution in [2.75, 3.05) is 20.3 Å². The predicted molar refractivity (Wildman–Crippen MR) is 168 cm³/mol. The summed E-state index contributed by atoms with van der Waals surface area (Å²) in [6.45, 7) is 20.9. The number of hydrogen-bond acceptors (Lipinski definition) is 7. The summed E-state index contributed by atoms with van der Waals surface area (Å²) < 4.78 is 24.4. The van der Waals surface area contributed by atoms with Crippen molar-refractivity contribution in [3.05, 3.63) is 53.6 Å². The standard InChI is InChI=1S/C34H47NO6Si/c1-30(2,3)42(10,11)41-26-13-12-24(20-27(26)38-9)14-17-34(39-18-19-40-34)32(6,7)28(36)15-16-33(8)21-25(22-35)29(37)31(4,5)23-33/h12-17,20-21H,18-19,23H2,1-11H3. The Kier molecular flexibility index (Phi) is 9.25. The molecule has 1 atom stereocenters. The number of ether oxygens (including phenoxy) is 3. The minimum Gasteiger partial charge on any atom is -0.541 e. The molecule has 0 spiro atoms. The molecule has 0 aromatic heterocycles. The summed E-state index contributed by atoms with van der Waals surface area (Å²) in [6, 6.07) is 7.80. The lowest BCUT2D eigenvalue weighted by Gasteiger charge is -2.39. The Balaban J connectivity index is 1.89. The zero-order valence-corrected chi connectivity index (χ0v) is 28.1. The molecule has 1 fully saturated rings. The smallest absolute Gasteiger partial charge is 0.250 e. The molecule has 0 saturated carbocycles. The van der Waals surface area contributed by atoms with Crippen molar-refractivity contribution < 1.29 is 28.2 Å².